The maximum atomic E-state index is 13.1. The van der Waals surface area contributed by atoms with Crippen molar-refractivity contribution < 1.29 is 18.7 Å². The molecule has 0 saturated heterocycles. The molecule has 0 aromatic heterocycles. The number of benzene rings is 3. The van der Waals surface area contributed by atoms with E-state index in [0.717, 1.165) is 16.7 Å². The van der Waals surface area contributed by atoms with Gasteiger partial charge in [-0.3, -0.25) is 4.79 Å². The van der Waals surface area contributed by atoms with E-state index in [1.54, 1.807) is 30.3 Å². The molecule has 0 bridgehead atoms. The number of rotatable bonds is 8. The van der Waals surface area contributed by atoms with Crippen LogP contribution in [-0.4, -0.2) is 12.5 Å². The van der Waals surface area contributed by atoms with Gasteiger partial charge >= 0.3 is 0 Å². The summed E-state index contributed by atoms with van der Waals surface area (Å²) in [5.41, 5.74) is 4.12. The Morgan fingerprint density at radius 3 is 2.47 bits per heavy atom. The lowest BCUT2D eigenvalue weighted by atomic mass is 10.1. The van der Waals surface area contributed by atoms with E-state index in [0.29, 0.717) is 33.8 Å². The molecular formula is C27H24BrFN2O3. The van der Waals surface area contributed by atoms with E-state index in [-0.39, 0.29) is 18.0 Å². The molecule has 0 heterocycles. The van der Waals surface area contributed by atoms with Crippen LogP contribution in [0.4, 0.5) is 10.1 Å². The van der Waals surface area contributed by atoms with Crippen LogP contribution < -0.4 is 14.8 Å². The number of aryl methyl sites for hydroxylation is 2. The van der Waals surface area contributed by atoms with Crippen molar-refractivity contribution in [3.8, 4) is 17.6 Å². The van der Waals surface area contributed by atoms with Gasteiger partial charge in [0.2, 0.25) is 0 Å². The second-order valence-electron chi connectivity index (χ2n) is 7.60. The van der Waals surface area contributed by atoms with E-state index >= 15 is 0 Å². The highest BCUT2D eigenvalue weighted by atomic mass is 79.9. The number of hydrogen-bond acceptors (Lipinski definition) is 4. The first kappa shape index (κ1) is 25.0. The van der Waals surface area contributed by atoms with Gasteiger partial charge in [0, 0.05) is 5.69 Å². The smallest absolute Gasteiger partial charge is 0.266 e. The highest BCUT2D eigenvalue weighted by Crippen LogP contribution is 2.38. The minimum atomic E-state index is -0.503. The Balaban J connectivity index is 1.84. The average Bonchev–Trinajstić information content (AvgIpc) is 2.80. The molecule has 0 aliphatic rings. The fourth-order valence-electron chi connectivity index (χ4n) is 3.14. The first-order valence-corrected chi connectivity index (χ1v) is 11.4. The first-order valence-electron chi connectivity index (χ1n) is 10.6. The number of anilines is 1. The van der Waals surface area contributed by atoms with E-state index in [2.05, 4.69) is 21.2 Å². The van der Waals surface area contributed by atoms with E-state index in [1.807, 2.05) is 39.0 Å². The summed E-state index contributed by atoms with van der Waals surface area (Å²) in [5.74, 6) is 0.112. The number of nitriles is 1. The van der Waals surface area contributed by atoms with Gasteiger partial charge in [-0.25, -0.2) is 4.39 Å². The number of carbonyl (C=O) groups excluding carboxylic acids is 1. The molecule has 3 rings (SSSR count). The molecule has 7 heteroatoms. The van der Waals surface area contributed by atoms with Crippen molar-refractivity contribution in [2.75, 3.05) is 11.9 Å². The fourth-order valence-corrected chi connectivity index (χ4v) is 3.72. The largest absolute Gasteiger partial charge is 0.490 e. The second kappa shape index (κ2) is 11.5. The van der Waals surface area contributed by atoms with Gasteiger partial charge in [-0.2, -0.15) is 5.26 Å². The molecular weight excluding hydrogens is 499 g/mol. The van der Waals surface area contributed by atoms with Gasteiger partial charge < -0.3 is 14.8 Å². The molecule has 0 aliphatic carbocycles. The van der Waals surface area contributed by atoms with Crippen LogP contribution in [-0.2, 0) is 11.4 Å². The van der Waals surface area contributed by atoms with Gasteiger partial charge in [0.15, 0.2) is 11.5 Å². The third-order valence-electron chi connectivity index (χ3n) is 5.07. The SMILES string of the molecule is CCOc1cc(/C=C(\C#N)C(=O)Nc2ccc(C)c(C)c2)cc(Br)c1OCc1ccc(F)cc1. The number of halogens is 2. The van der Waals surface area contributed by atoms with Crippen LogP contribution in [0.1, 0.15) is 29.2 Å². The highest BCUT2D eigenvalue weighted by molar-refractivity contribution is 9.10. The second-order valence-corrected chi connectivity index (χ2v) is 8.46. The van der Waals surface area contributed by atoms with Crippen molar-refractivity contribution in [1.82, 2.24) is 0 Å². The predicted molar refractivity (Wildman–Crippen MR) is 134 cm³/mol. The Hall–Kier alpha value is -3.63. The Bertz CT molecular complexity index is 1260. The van der Waals surface area contributed by atoms with E-state index < -0.39 is 5.91 Å². The Morgan fingerprint density at radius 1 is 1.09 bits per heavy atom. The quantitative estimate of drug-likeness (QED) is 0.263. The van der Waals surface area contributed by atoms with Gasteiger partial charge in [0.1, 0.15) is 24.1 Å². The van der Waals surface area contributed by atoms with Crippen LogP contribution in [0.5, 0.6) is 11.5 Å². The van der Waals surface area contributed by atoms with Crippen LogP contribution in [0.3, 0.4) is 0 Å². The summed E-state index contributed by atoms with van der Waals surface area (Å²) < 4.78 is 25.4. The minimum Gasteiger partial charge on any atom is -0.490 e. The third kappa shape index (κ3) is 6.46. The summed E-state index contributed by atoms with van der Waals surface area (Å²) in [7, 11) is 0. The molecule has 1 N–H and O–H groups in total. The number of amides is 1. The number of nitrogens with one attached hydrogen (secondary N) is 1. The zero-order chi connectivity index (χ0) is 24.7. The standard InChI is InChI=1S/C27H24BrFN2O3/c1-4-33-25-14-20(13-24(28)26(25)34-16-19-6-8-22(29)9-7-19)12-21(15-30)27(32)31-23-10-5-17(2)18(3)11-23/h5-14H,4,16H2,1-3H3,(H,31,32)/b21-12+. The van der Waals surface area contributed by atoms with Crippen LogP contribution in [0.25, 0.3) is 6.08 Å². The first-order chi connectivity index (χ1) is 16.3. The number of nitrogens with zero attached hydrogens (tertiary/aromatic N) is 1. The normalized spacial score (nSPS) is 11.0. The van der Waals surface area contributed by atoms with Crippen molar-refractivity contribution in [2.24, 2.45) is 0 Å². The number of carbonyl (C=O) groups is 1. The molecule has 0 unspecified atom stereocenters. The van der Waals surface area contributed by atoms with Gasteiger partial charge in [0.05, 0.1) is 11.1 Å². The fraction of sp³-hybridized carbons (Fsp3) is 0.185. The molecule has 3 aromatic rings. The predicted octanol–water partition coefficient (Wildman–Crippen LogP) is 6.73. The van der Waals surface area contributed by atoms with Crippen LogP contribution in [0.2, 0.25) is 0 Å². The van der Waals surface area contributed by atoms with Crippen molar-refractivity contribution in [3.05, 3.63) is 92.7 Å². The van der Waals surface area contributed by atoms with Gasteiger partial charge in [-0.1, -0.05) is 18.2 Å². The van der Waals surface area contributed by atoms with Gasteiger partial charge in [-0.05, 0) is 101 Å². The molecule has 1 amide bonds. The van der Waals surface area contributed by atoms with E-state index in [1.165, 1.54) is 18.2 Å². The zero-order valence-corrected chi connectivity index (χ0v) is 20.7. The van der Waals surface area contributed by atoms with Crippen molar-refractivity contribution in [3.63, 3.8) is 0 Å². The molecule has 5 nitrogen and oxygen atoms in total. The van der Waals surface area contributed by atoms with Crippen molar-refractivity contribution in [1.29, 1.82) is 5.26 Å². The summed E-state index contributed by atoms with van der Waals surface area (Å²) in [6.07, 6.45) is 1.49. The monoisotopic (exact) mass is 522 g/mol. The molecule has 0 aliphatic heterocycles. The zero-order valence-electron chi connectivity index (χ0n) is 19.1. The Labute approximate surface area is 207 Å². The van der Waals surface area contributed by atoms with E-state index in [9.17, 15) is 14.4 Å². The Morgan fingerprint density at radius 2 is 1.82 bits per heavy atom. The lowest BCUT2D eigenvalue weighted by molar-refractivity contribution is -0.112. The third-order valence-corrected chi connectivity index (χ3v) is 5.66. The van der Waals surface area contributed by atoms with Crippen molar-refractivity contribution in [2.45, 2.75) is 27.4 Å². The van der Waals surface area contributed by atoms with E-state index in [4.69, 9.17) is 9.47 Å². The van der Waals surface area contributed by atoms with Crippen LogP contribution >= 0.6 is 15.9 Å². The molecule has 0 fully saturated rings. The maximum Gasteiger partial charge on any atom is 0.266 e. The molecule has 0 saturated carbocycles. The topological polar surface area (TPSA) is 71.3 Å². The average molecular weight is 523 g/mol. The molecule has 34 heavy (non-hydrogen) atoms. The van der Waals surface area contributed by atoms with Crippen LogP contribution in [0, 0.1) is 31.0 Å². The highest BCUT2D eigenvalue weighted by Gasteiger charge is 2.15. The lowest BCUT2D eigenvalue weighted by Gasteiger charge is -2.15. The number of hydrogen-bond donors (Lipinski definition) is 1. The molecule has 0 spiro atoms. The summed E-state index contributed by atoms with van der Waals surface area (Å²) in [6, 6.07) is 17.0. The number of ether oxygens (including phenoxy) is 2. The van der Waals surface area contributed by atoms with Crippen molar-refractivity contribution >= 4 is 33.6 Å². The molecule has 0 radical (unpaired) electrons. The maximum absolute atomic E-state index is 13.1. The molecule has 0 atom stereocenters. The summed E-state index contributed by atoms with van der Waals surface area (Å²) in [5, 5.41) is 12.4. The van der Waals surface area contributed by atoms with Crippen LogP contribution in [0.15, 0.2) is 64.6 Å². The summed E-state index contributed by atoms with van der Waals surface area (Å²) in [4.78, 5) is 12.7. The summed E-state index contributed by atoms with van der Waals surface area (Å²) >= 11 is 3.49. The van der Waals surface area contributed by atoms with Gasteiger partial charge in [0.25, 0.3) is 5.91 Å². The van der Waals surface area contributed by atoms with Gasteiger partial charge in [-0.15, -0.1) is 0 Å². The molecule has 174 valence electrons. The lowest BCUT2D eigenvalue weighted by Crippen LogP contribution is -2.13. The summed E-state index contributed by atoms with van der Waals surface area (Å²) in [6.45, 7) is 6.40. The Kier molecular flexibility index (Phi) is 8.44. The minimum absolute atomic E-state index is 0.0486. The molecule has 3 aromatic carbocycles.